The van der Waals surface area contributed by atoms with Gasteiger partial charge in [0, 0.05) is 30.5 Å². The number of nitrogens with one attached hydrogen (secondary N) is 2. The van der Waals surface area contributed by atoms with Crippen molar-refractivity contribution in [1.82, 2.24) is 4.31 Å². The quantitative estimate of drug-likeness (QED) is 0.431. The number of benzene rings is 3. The second kappa shape index (κ2) is 10.6. The number of nitrogens with zero attached hydrogens (tertiary/aromatic N) is 2. The third-order valence-electron chi connectivity index (χ3n) is 4.69. The normalized spacial score (nSPS) is 11.8. The van der Waals surface area contributed by atoms with E-state index in [0.717, 1.165) is 20.7 Å². The van der Waals surface area contributed by atoms with Crippen LogP contribution in [0.2, 0.25) is 5.02 Å². The molecule has 0 spiro atoms. The summed E-state index contributed by atoms with van der Waals surface area (Å²) < 4.78 is 68.1. The fourth-order valence-corrected chi connectivity index (χ4v) is 5.14. The van der Waals surface area contributed by atoms with E-state index in [-0.39, 0.29) is 16.3 Å². The predicted molar refractivity (Wildman–Crippen MR) is 134 cm³/mol. The maximum Gasteiger partial charge on any atom is 0.304 e. The standard InChI is InChI=1S/C22H22ClFN4O5S2/c1-27(2)35(32,33)28(20-11-5-17(24)6-12-20)15-22(29)25-18-9-13-21(14-10-18)34(30,31)26-19-7-3-16(23)4-8-19/h3-14,26H,15H2,1-2H3,(H,25,29). The van der Waals surface area contributed by atoms with E-state index in [9.17, 15) is 26.0 Å². The summed E-state index contributed by atoms with van der Waals surface area (Å²) >= 11 is 5.81. The van der Waals surface area contributed by atoms with Crippen molar-refractivity contribution >= 4 is 54.8 Å². The molecule has 0 atom stereocenters. The van der Waals surface area contributed by atoms with Crippen LogP contribution >= 0.6 is 11.6 Å². The number of amides is 1. The first-order valence-electron chi connectivity index (χ1n) is 10.0. The Hall–Kier alpha value is -3.19. The lowest BCUT2D eigenvalue weighted by Crippen LogP contribution is -2.44. The van der Waals surface area contributed by atoms with E-state index in [1.165, 1.54) is 62.6 Å². The van der Waals surface area contributed by atoms with Crippen molar-refractivity contribution in [2.45, 2.75) is 4.90 Å². The third kappa shape index (κ3) is 6.69. The second-order valence-electron chi connectivity index (χ2n) is 7.46. The molecule has 2 N–H and O–H groups in total. The van der Waals surface area contributed by atoms with Gasteiger partial charge in [0.15, 0.2) is 0 Å². The van der Waals surface area contributed by atoms with Crippen LogP contribution in [0, 0.1) is 5.82 Å². The summed E-state index contributed by atoms with van der Waals surface area (Å²) in [6, 6.07) is 16.1. The number of halogens is 2. The van der Waals surface area contributed by atoms with Gasteiger partial charge in [-0.15, -0.1) is 0 Å². The molecule has 3 aromatic rings. The molecule has 0 radical (unpaired) electrons. The van der Waals surface area contributed by atoms with Crippen LogP contribution in [0.3, 0.4) is 0 Å². The highest BCUT2D eigenvalue weighted by Crippen LogP contribution is 2.22. The largest absolute Gasteiger partial charge is 0.325 e. The van der Waals surface area contributed by atoms with Crippen LogP contribution in [0.5, 0.6) is 0 Å². The van der Waals surface area contributed by atoms with Gasteiger partial charge in [-0.05, 0) is 72.8 Å². The fourth-order valence-electron chi connectivity index (χ4n) is 2.89. The number of carbonyl (C=O) groups excluding carboxylic acids is 1. The van der Waals surface area contributed by atoms with E-state index >= 15 is 0 Å². The highest BCUT2D eigenvalue weighted by molar-refractivity contribution is 7.92. The lowest BCUT2D eigenvalue weighted by molar-refractivity contribution is -0.114. The highest BCUT2D eigenvalue weighted by Gasteiger charge is 2.27. The lowest BCUT2D eigenvalue weighted by Gasteiger charge is -2.26. The SMILES string of the molecule is CN(C)S(=O)(=O)N(CC(=O)Nc1ccc(S(=O)(=O)Nc2ccc(Cl)cc2)cc1)c1ccc(F)cc1. The average molecular weight is 541 g/mol. The van der Waals surface area contributed by atoms with Crippen LogP contribution in [0.1, 0.15) is 0 Å². The van der Waals surface area contributed by atoms with E-state index < -0.39 is 38.5 Å². The first-order chi connectivity index (χ1) is 16.4. The molecule has 0 aliphatic heterocycles. The molecular formula is C22H22ClFN4O5S2. The number of anilines is 3. The van der Waals surface area contributed by atoms with Crippen LogP contribution in [-0.2, 0) is 25.0 Å². The minimum Gasteiger partial charge on any atom is -0.325 e. The Morgan fingerprint density at radius 3 is 1.94 bits per heavy atom. The number of hydrogen-bond donors (Lipinski definition) is 2. The van der Waals surface area contributed by atoms with Crippen LogP contribution < -0.4 is 14.3 Å². The van der Waals surface area contributed by atoms with Crippen molar-refractivity contribution in [3.05, 3.63) is 83.6 Å². The Morgan fingerprint density at radius 2 is 1.40 bits per heavy atom. The van der Waals surface area contributed by atoms with E-state index in [1.807, 2.05) is 0 Å². The van der Waals surface area contributed by atoms with Crippen molar-refractivity contribution in [2.75, 3.05) is 35.0 Å². The Morgan fingerprint density at radius 1 is 0.857 bits per heavy atom. The number of rotatable bonds is 9. The zero-order valence-corrected chi connectivity index (χ0v) is 21.0. The van der Waals surface area contributed by atoms with Crippen molar-refractivity contribution in [2.24, 2.45) is 0 Å². The van der Waals surface area contributed by atoms with Gasteiger partial charge in [-0.1, -0.05) is 11.6 Å². The summed E-state index contributed by atoms with van der Waals surface area (Å²) in [7, 11) is -5.34. The van der Waals surface area contributed by atoms with Crippen molar-refractivity contribution in [3.63, 3.8) is 0 Å². The topological polar surface area (TPSA) is 116 Å². The van der Waals surface area contributed by atoms with Crippen LogP contribution in [0.4, 0.5) is 21.5 Å². The van der Waals surface area contributed by atoms with Gasteiger partial charge < -0.3 is 5.32 Å². The number of sulfonamides is 1. The molecule has 3 aromatic carbocycles. The van der Waals surface area contributed by atoms with Crippen molar-refractivity contribution < 1.29 is 26.0 Å². The molecule has 0 aromatic heterocycles. The summed E-state index contributed by atoms with van der Waals surface area (Å²) in [5.41, 5.74) is 0.682. The molecule has 35 heavy (non-hydrogen) atoms. The van der Waals surface area contributed by atoms with E-state index in [2.05, 4.69) is 10.0 Å². The van der Waals surface area contributed by atoms with Gasteiger partial charge in [0.2, 0.25) is 5.91 Å². The lowest BCUT2D eigenvalue weighted by atomic mass is 10.3. The van der Waals surface area contributed by atoms with E-state index in [0.29, 0.717) is 10.7 Å². The maximum absolute atomic E-state index is 13.3. The molecule has 0 heterocycles. The number of hydrogen-bond acceptors (Lipinski definition) is 5. The van der Waals surface area contributed by atoms with Gasteiger partial charge in [0.1, 0.15) is 12.4 Å². The average Bonchev–Trinajstić information content (AvgIpc) is 2.80. The van der Waals surface area contributed by atoms with Gasteiger partial charge in [0.25, 0.3) is 10.0 Å². The molecule has 1 amide bonds. The van der Waals surface area contributed by atoms with Crippen molar-refractivity contribution in [3.8, 4) is 0 Å². The fraction of sp³-hybridized carbons (Fsp3) is 0.136. The van der Waals surface area contributed by atoms with Gasteiger partial charge >= 0.3 is 10.2 Å². The van der Waals surface area contributed by atoms with Gasteiger partial charge in [0.05, 0.1) is 10.6 Å². The molecular weight excluding hydrogens is 519 g/mol. The van der Waals surface area contributed by atoms with Crippen molar-refractivity contribution in [1.29, 1.82) is 0 Å². The Balaban J connectivity index is 1.74. The molecule has 0 fully saturated rings. The molecule has 13 heteroatoms. The summed E-state index contributed by atoms with van der Waals surface area (Å²) in [4.78, 5) is 12.6. The Kier molecular flexibility index (Phi) is 8.00. The molecule has 0 bridgehead atoms. The molecule has 0 aliphatic rings. The first-order valence-corrected chi connectivity index (χ1v) is 13.3. The summed E-state index contributed by atoms with van der Waals surface area (Å²) in [5.74, 6) is -1.24. The third-order valence-corrected chi connectivity index (χ3v) is 8.16. The monoisotopic (exact) mass is 540 g/mol. The van der Waals surface area contributed by atoms with Crippen LogP contribution in [-0.4, -0.2) is 47.7 Å². The smallest absolute Gasteiger partial charge is 0.304 e. The van der Waals surface area contributed by atoms with Crippen LogP contribution in [0.25, 0.3) is 0 Å². The molecule has 3 rings (SSSR count). The first kappa shape index (κ1) is 26.4. The molecule has 186 valence electrons. The zero-order valence-electron chi connectivity index (χ0n) is 18.6. The molecule has 9 nitrogen and oxygen atoms in total. The Labute approximate surface area is 208 Å². The zero-order chi connectivity index (χ0) is 25.8. The highest BCUT2D eigenvalue weighted by atomic mass is 35.5. The summed E-state index contributed by atoms with van der Waals surface area (Å²) in [6.07, 6.45) is 0. The van der Waals surface area contributed by atoms with E-state index in [1.54, 1.807) is 12.1 Å². The maximum atomic E-state index is 13.3. The minimum absolute atomic E-state index is 0.0476. The predicted octanol–water partition coefficient (Wildman–Crippen LogP) is 3.53. The van der Waals surface area contributed by atoms with E-state index in [4.69, 9.17) is 11.6 Å². The number of carbonyl (C=O) groups is 1. The Bertz CT molecular complexity index is 1400. The molecule has 0 aliphatic carbocycles. The second-order valence-corrected chi connectivity index (χ2v) is 11.6. The molecule has 0 saturated carbocycles. The van der Waals surface area contributed by atoms with Gasteiger partial charge in [-0.25, -0.2) is 17.1 Å². The minimum atomic E-state index is -4.06. The van der Waals surface area contributed by atoms with Crippen LogP contribution in [0.15, 0.2) is 77.7 Å². The van der Waals surface area contributed by atoms with Gasteiger partial charge in [-0.3, -0.25) is 9.52 Å². The summed E-state index contributed by atoms with van der Waals surface area (Å²) in [5, 5.41) is 2.99. The summed E-state index contributed by atoms with van der Waals surface area (Å²) in [6.45, 7) is -0.593. The molecule has 0 unspecified atom stereocenters. The molecule has 0 saturated heterocycles. The van der Waals surface area contributed by atoms with Gasteiger partial charge in [-0.2, -0.15) is 12.7 Å².